The average Bonchev–Trinajstić information content (AvgIpc) is 3.32. The van der Waals surface area contributed by atoms with Gasteiger partial charge in [-0.1, -0.05) is 54.6 Å². The van der Waals surface area contributed by atoms with Crippen molar-refractivity contribution in [3.8, 4) is 0 Å². The van der Waals surface area contributed by atoms with Gasteiger partial charge in [-0.05, 0) is 41.0 Å². The first kappa shape index (κ1) is 25.8. The van der Waals surface area contributed by atoms with E-state index in [4.69, 9.17) is 14.9 Å². The molecular weight excluding hydrogens is 492 g/mol. The molecule has 37 heavy (non-hydrogen) atoms. The Hall–Kier alpha value is -4.31. The summed E-state index contributed by atoms with van der Waals surface area (Å²) in [5.41, 5.74) is 5.30. The van der Waals surface area contributed by atoms with Gasteiger partial charge in [0.15, 0.2) is 0 Å². The molecule has 3 aromatic carbocycles. The second-order valence-corrected chi connectivity index (χ2v) is 9.03. The second-order valence-electron chi connectivity index (χ2n) is 8.18. The molecule has 1 aliphatic heterocycles. The van der Waals surface area contributed by atoms with Crippen LogP contribution in [0.15, 0.2) is 78.9 Å². The fraction of sp³-hybridized carbons (Fsp3) is 0.185. The third kappa shape index (κ3) is 7.34. The van der Waals surface area contributed by atoms with E-state index in [1.165, 1.54) is 22.2 Å². The normalized spacial score (nSPS) is 14.5. The molecule has 1 fully saturated rings. The minimum absolute atomic E-state index is 0.0608. The Morgan fingerprint density at radius 3 is 2.41 bits per heavy atom. The molecular formula is C27H26N4O5S. The molecule has 4 rings (SSSR count). The van der Waals surface area contributed by atoms with Gasteiger partial charge in [-0.25, -0.2) is 14.4 Å². The first-order valence-electron chi connectivity index (χ1n) is 11.5. The predicted octanol–water partition coefficient (Wildman–Crippen LogP) is 4.92. The Balaban J connectivity index is 1.23. The number of esters is 1. The van der Waals surface area contributed by atoms with E-state index >= 15 is 0 Å². The second kappa shape index (κ2) is 12.6. The lowest BCUT2D eigenvalue weighted by Crippen LogP contribution is -2.29. The lowest BCUT2D eigenvalue weighted by atomic mass is 10.2. The number of rotatable bonds is 10. The van der Waals surface area contributed by atoms with Gasteiger partial charge in [0.1, 0.15) is 6.61 Å². The molecule has 3 N–H and O–H groups in total. The number of nitrogens with one attached hydrogen (secondary N) is 3. The fourth-order valence-electron chi connectivity index (χ4n) is 3.59. The molecule has 1 unspecified atom stereocenters. The molecule has 0 aromatic heterocycles. The number of benzene rings is 3. The minimum atomic E-state index is -0.995. The third-order valence-electron chi connectivity index (χ3n) is 5.54. The molecule has 10 heteroatoms. The fourth-order valence-corrected chi connectivity index (χ4v) is 4.06. The SMILES string of the molecule is N=CSCc1ccc(NC(=O)NCc2ccc(N3CC(C(=O)OCc4ccccc4)OC3=O)cc2)cc1. The summed E-state index contributed by atoms with van der Waals surface area (Å²) < 4.78 is 10.5. The van der Waals surface area contributed by atoms with Gasteiger partial charge in [0.25, 0.3) is 0 Å². The van der Waals surface area contributed by atoms with E-state index in [1.54, 1.807) is 24.3 Å². The quantitative estimate of drug-likeness (QED) is 0.199. The van der Waals surface area contributed by atoms with Crippen LogP contribution in [0.3, 0.4) is 0 Å². The number of anilines is 2. The van der Waals surface area contributed by atoms with Crippen molar-refractivity contribution in [1.29, 1.82) is 5.41 Å². The monoisotopic (exact) mass is 518 g/mol. The zero-order valence-corrected chi connectivity index (χ0v) is 20.7. The van der Waals surface area contributed by atoms with Gasteiger partial charge < -0.3 is 25.5 Å². The van der Waals surface area contributed by atoms with Crippen LogP contribution in [-0.4, -0.2) is 36.3 Å². The molecule has 0 aliphatic carbocycles. The van der Waals surface area contributed by atoms with Gasteiger partial charge in [-0.15, -0.1) is 11.8 Å². The van der Waals surface area contributed by atoms with Crippen molar-refractivity contribution >= 4 is 46.8 Å². The maximum Gasteiger partial charge on any atom is 0.415 e. The smallest absolute Gasteiger partial charge is 0.415 e. The van der Waals surface area contributed by atoms with E-state index in [9.17, 15) is 14.4 Å². The largest absolute Gasteiger partial charge is 0.458 e. The highest BCUT2D eigenvalue weighted by Crippen LogP contribution is 2.23. The Morgan fingerprint density at radius 2 is 1.70 bits per heavy atom. The first-order chi connectivity index (χ1) is 18.0. The maximum absolute atomic E-state index is 12.4. The van der Waals surface area contributed by atoms with E-state index in [-0.39, 0.29) is 19.2 Å². The molecule has 1 heterocycles. The Morgan fingerprint density at radius 1 is 1.00 bits per heavy atom. The van der Waals surface area contributed by atoms with Crippen molar-refractivity contribution in [1.82, 2.24) is 5.32 Å². The summed E-state index contributed by atoms with van der Waals surface area (Å²) in [7, 11) is 0. The molecule has 0 spiro atoms. The number of thioether (sulfide) groups is 1. The van der Waals surface area contributed by atoms with Crippen molar-refractivity contribution in [3.05, 3.63) is 95.6 Å². The standard InChI is InChI=1S/C27H26N4O5S/c28-18-37-17-21-6-10-22(11-7-21)30-26(33)29-14-19-8-12-23(13-9-19)31-15-24(36-27(31)34)25(32)35-16-20-4-2-1-3-5-20/h1-13,18,24,28H,14-17H2,(H2,29,30,33). The number of hydrogen-bond acceptors (Lipinski definition) is 7. The summed E-state index contributed by atoms with van der Waals surface area (Å²) in [4.78, 5) is 38.3. The van der Waals surface area contributed by atoms with Gasteiger partial charge in [0.2, 0.25) is 6.10 Å². The van der Waals surface area contributed by atoms with E-state index in [1.807, 2.05) is 54.6 Å². The van der Waals surface area contributed by atoms with Crippen molar-refractivity contribution in [2.75, 3.05) is 16.8 Å². The number of cyclic esters (lactones) is 1. The number of carbonyl (C=O) groups is 3. The van der Waals surface area contributed by atoms with Gasteiger partial charge in [-0.2, -0.15) is 0 Å². The average molecular weight is 519 g/mol. The lowest BCUT2D eigenvalue weighted by Gasteiger charge is -2.14. The van der Waals surface area contributed by atoms with E-state index in [0.29, 0.717) is 23.7 Å². The highest BCUT2D eigenvalue weighted by atomic mass is 32.2. The molecule has 190 valence electrons. The third-order valence-corrected chi connectivity index (χ3v) is 6.21. The van der Waals surface area contributed by atoms with Crippen molar-refractivity contribution < 1.29 is 23.9 Å². The maximum atomic E-state index is 12.4. The van der Waals surface area contributed by atoms with E-state index < -0.39 is 18.2 Å². The van der Waals surface area contributed by atoms with Crippen molar-refractivity contribution in [3.63, 3.8) is 0 Å². The highest BCUT2D eigenvalue weighted by Gasteiger charge is 2.38. The van der Waals surface area contributed by atoms with Crippen LogP contribution in [0.4, 0.5) is 21.0 Å². The Labute approximate surface area is 218 Å². The van der Waals surface area contributed by atoms with Gasteiger partial charge in [-0.3, -0.25) is 4.90 Å². The molecule has 0 bridgehead atoms. The summed E-state index contributed by atoms with van der Waals surface area (Å²) in [5, 5.41) is 12.6. The van der Waals surface area contributed by atoms with E-state index in [0.717, 1.165) is 16.7 Å². The van der Waals surface area contributed by atoms with Crippen LogP contribution in [0.5, 0.6) is 0 Å². The molecule has 9 nitrogen and oxygen atoms in total. The molecule has 3 aromatic rings. The van der Waals surface area contributed by atoms with Crippen LogP contribution >= 0.6 is 11.8 Å². The number of amides is 3. The Kier molecular flexibility index (Phi) is 8.77. The predicted molar refractivity (Wildman–Crippen MR) is 143 cm³/mol. The molecule has 1 aliphatic rings. The van der Waals surface area contributed by atoms with Gasteiger partial charge in [0, 0.05) is 23.7 Å². The summed E-state index contributed by atoms with van der Waals surface area (Å²) in [6.45, 7) is 0.462. The zero-order valence-electron chi connectivity index (χ0n) is 19.9. The summed E-state index contributed by atoms with van der Waals surface area (Å²) in [5.74, 6) is 0.117. The zero-order chi connectivity index (χ0) is 26.0. The van der Waals surface area contributed by atoms with Gasteiger partial charge in [0.05, 0.1) is 12.1 Å². The molecule has 1 atom stereocenters. The topological polar surface area (TPSA) is 121 Å². The number of nitrogens with zero attached hydrogens (tertiary/aromatic N) is 1. The van der Waals surface area contributed by atoms with Crippen LogP contribution in [0.2, 0.25) is 0 Å². The van der Waals surface area contributed by atoms with Crippen molar-refractivity contribution in [2.24, 2.45) is 0 Å². The van der Waals surface area contributed by atoms with E-state index in [2.05, 4.69) is 10.6 Å². The van der Waals surface area contributed by atoms with Gasteiger partial charge >= 0.3 is 18.1 Å². The summed E-state index contributed by atoms with van der Waals surface area (Å²) in [6.07, 6.45) is -1.61. The first-order valence-corrected chi connectivity index (χ1v) is 12.6. The molecule has 0 saturated carbocycles. The molecule has 1 saturated heterocycles. The number of urea groups is 1. The van der Waals surface area contributed by atoms with Crippen LogP contribution < -0.4 is 15.5 Å². The number of ether oxygens (including phenoxy) is 2. The van der Waals surface area contributed by atoms with Crippen LogP contribution in [0, 0.1) is 5.41 Å². The van der Waals surface area contributed by atoms with Crippen LogP contribution in [-0.2, 0) is 33.2 Å². The number of carbonyl (C=O) groups excluding carboxylic acids is 3. The summed E-state index contributed by atoms with van der Waals surface area (Å²) in [6, 6.07) is 23.4. The molecule has 0 radical (unpaired) electrons. The van der Waals surface area contributed by atoms with Crippen LogP contribution in [0.25, 0.3) is 0 Å². The highest BCUT2D eigenvalue weighted by molar-refractivity contribution is 8.11. The minimum Gasteiger partial charge on any atom is -0.458 e. The van der Waals surface area contributed by atoms with Crippen molar-refractivity contribution in [2.45, 2.75) is 25.0 Å². The number of hydrogen-bond donors (Lipinski definition) is 3. The lowest BCUT2D eigenvalue weighted by molar-refractivity contribution is -0.152. The summed E-state index contributed by atoms with van der Waals surface area (Å²) >= 11 is 1.39. The Bertz CT molecular complexity index is 1240. The van der Waals surface area contributed by atoms with Crippen LogP contribution in [0.1, 0.15) is 16.7 Å². The molecule has 3 amide bonds.